The molecule has 0 bridgehead atoms. The molecular weight excluding hydrogens is 284 g/mol. The van der Waals surface area contributed by atoms with E-state index in [9.17, 15) is 15.0 Å². The number of carbonyl (C=O) groups excluding carboxylic acids is 1. The van der Waals surface area contributed by atoms with Gasteiger partial charge in [-0.2, -0.15) is 0 Å². The Bertz CT molecular complexity index is 616. The highest BCUT2D eigenvalue weighted by molar-refractivity contribution is 7.12. The summed E-state index contributed by atoms with van der Waals surface area (Å²) in [5.41, 5.74) is 2.72. The number of hydrogen-bond acceptors (Lipinski definition) is 4. The van der Waals surface area contributed by atoms with Crippen LogP contribution in [0.3, 0.4) is 0 Å². The van der Waals surface area contributed by atoms with Gasteiger partial charge in [-0.1, -0.05) is 18.2 Å². The van der Waals surface area contributed by atoms with Crippen molar-refractivity contribution in [2.45, 2.75) is 39.4 Å². The SMILES string of the molecule is CC(=O)Cc1ccc(CCc2ccc(CO)c(CO)c2)s1. The largest absolute Gasteiger partial charge is 0.392 e. The van der Waals surface area contributed by atoms with Crippen LogP contribution in [-0.4, -0.2) is 16.0 Å². The fraction of sp³-hybridized carbons (Fsp3) is 0.353. The zero-order valence-electron chi connectivity index (χ0n) is 12.1. The topological polar surface area (TPSA) is 57.5 Å². The predicted octanol–water partition coefficient (Wildman–Crippen LogP) is 2.65. The Morgan fingerprint density at radius 2 is 1.71 bits per heavy atom. The molecule has 1 heterocycles. The minimum atomic E-state index is -0.0501. The minimum Gasteiger partial charge on any atom is -0.392 e. The van der Waals surface area contributed by atoms with Crippen LogP contribution in [0, 0.1) is 0 Å². The third-order valence-electron chi connectivity index (χ3n) is 3.41. The Kier molecular flexibility index (Phi) is 5.67. The van der Waals surface area contributed by atoms with Gasteiger partial charge in [-0.15, -0.1) is 11.3 Å². The summed E-state index contributed by atoms with van der Waals surface area (Å²) in [4.78, 5) is 13.5. The van der Waals surface area contributed by atoms with Crippen LogP contribution in [0.5, 0.6) is 0 Å². The zero-order valence-corrected chi connectivity index (χ0v) is 12.9. The standard InChI is InChI=1S/C17H20O3S/c1-12(20)8-17-7-6-16(21-17)5-3-13-2-4-14(10-18)15(9-13)11-19/h2,4,6-7,9,18-19H,3,5,8,10-11H2,1H3. The van der Waals surface area contributed by atoms with Gasteiger partial charge in [-0.3, -0.25) is 4.79 Å². The molecule has 0 amide bonds. The summed E-state index contributed by atoms with van der Waals surface area (Å²) in [6.45, 7) is 1.51. The Morgan fingerprint density at radius 3 is 2.38 bits per heavy atom. The first-order chi connectivity index (χ1) is 10.1. The molecule has 0 unspecified atom stereocenters. The van der Waals surface area contributed by atoms with E-state index >= 15 is 0 Å². The van der Waals surface area contributed by atoms with Gasteiger partial charge < -0.3 is 10.2 Å². The van der Waals surface area contributed by atoms with Gasteiger partial charge in [0, 0.05) is 16.2 Å². The van der Waals surface area contributed by atoms with Crippen molar-refractivity contribution in [2.24, 2.45) is 0 Å². The van der Waals surface area contributed by atoms with Crippen molar-refractivity contribution in [3.63, 3.8) is 0 Å². The van der Waals surface area contributed by atoms with Crippen LogP contribution in [-0.2, 0) is 37.3 Å². The Morgan fingerprint density at radius 1 is 1.00 bits per heavy atom. The fourth-order valence-corrected chi connectivity index (χ4v) is 3.39. The van der Waals surface area contributed by atoms with Crippen molar-refractivity contribution in [2.75, 3.05) is 0 Å². The number of aliphatic hydroxyl groups excluding tert-OH is 2. The van der Waals surface area contributed by atoms with Crippen molar-refractivity contribution in [3.8, 4) is 0 Å². The van der Waals surface area contributed by atoms with Crippen LogP contribution in [0.25, 0.3) is 0 Å². The number of benzene rings is 1. The quantitative estimate of drug-likeness (QED) is 0.827. The Hall–Kier alpha value is -1.49. The highest BCUT2D eigenvalue weighted by atomic mass is 32.1. The molecule has 0 spiro atoms. The number of aliphatic hydroxyl groups is 2. The van der Waals surface area contributed by atoms with Crippen molar-refractivity contribution in [1.29, 1.82) is 0 Å². The van der Waals surface area contributed by atoms with E-state index in [-0.39, 0.29) is 19.0 Å². The molecule has 3 nitrogen and oxygen atoms in total. The number of ketones is 1. The number of carbonyl (C=O) groups is 1. The first-order valence-electron chi connectivity index (χ1n) is 7.01. The lowest BCUT2D eigenvalue weighted by Crippen LogP contribution is -1.97. The zero-order chi connectivity index (χ0) is 15.2. The number of aryl methyl sites for hydroxylation is 2. The van der Waals surface area contributed by atoms with Gasteiger partial charge in [0.2, 0.25) is 0 Å². The second kappa shape index (κ2) is 7.50. The summed E-state index contributed by atoms with van der Waals surface area (Å²) in [7, 11) is 0. The van der Waals surface area contributed by atoms with E-state index < -0.39 is 0 Å². The normalized spacial score (nSPS) is 10.8. The van der Waals surface area contributed by atoms with E-state index in [0.717, 1.165) is 34.4 Å². The van der Waals surface area contributed by atoms with Crippen molar-refractivity contribution in [3.05, 3.63) is 56.8 Å². The molecule has 0 aliphatic heterocycles. The van der Waals surface area contributed by atoms with Gasteiger partial charge in [0.05, 0.1) is 13.2 Å². The van der Waals surface area contributed by atoms with Gasteiger partial charge >= 0.3 is 0 Å². The summed E-state index contributed by atoms with van der Waals surface area (Å²) in [5, 5.41) is 18.5. The van der Waals surface area contributed by atoms with E-state index in [2.05, 4.69) is 6.07 Å². The lowest BCUT2D eigenvalue weighted by molar-refractivity contribution is -0.116. The number of rotatable bonds is 7. The maximum atomic E-state index is 11.1. The van der Waals surface area contributed by atoms with Gasteiger partial charge in [-0.25, -0.2) is 0 Å². The molecule has 2 N–H and O–H groups in total. The van der Waals surface area contributed by atoms with E-state index in [4.69, 9.17) is 0 Å². The Balaban J connectivity index is 1.99. The monoisotopic (exact) mass is 304 g/mol. The highest BCUT2D eigenvalue weighted by Gasteiger charge is 2.05. The number of thiophene rings is 1. The first kappa shape index (κ1) is 15.9. The summed E-state index contributed by atoms with van der Waals surface area (Å²) >= 11 is 1.69. The summed E-state index contributed by atoms with van der Waals surface area (Å²) in [5.74, 6) is 0.190. The highest BCUT2D eigenvalue weighted by Crippen LogP contribution is 2.20. The Labute approximate surface area is 128 Å². The van der Waals surface area contributed by atoms with E-state index in [0.29, 0.717) is 6.42 Å². The van der Waals surface area contributed by atoms with Crippen LogP contribution < -0.4 is 0 Å². The van der Waals surface area contributed by atoms with Crippen molar-refractivity contribution >= 4 is 17.1 Å². The van der Waals surface area contributed by atoms with Crippen molar-refractivity contribution in [1.82, 2.24) is 0 Å². The van der Waals surface area contributed by atoms with Gasteiger partial charge in [0.1, 0.15) is 5.78 Å². The number of hydrogen-bond donors (Lipinski definition) is 2. The van der Waals surface area contributed by atoms with E-state index in [1.54, 1.807) is 18.3 Å². The van der Waals surface area contributed by atoms with E-state index in [1.165, 1.54) is 4.88 Å². The predicted molar refractivity (Wildman–Crippen MR) is 84.4 cm³/mol. The average Bonchev–Trinajstić information content (AvgIpc) is 2.91. The molecule has 1 aromatic carbocycles. The van der Waals surface area contributed by atoms with Gasteiger partial charge in [0.25, 0.3) is 0 Å². The molecule has 21 heavy (non-hydrogen) atoms. The maximum absolute atomic E-state index is 11.1. The van der Waals surface area contributed by atoms with Crippen molar-refractivity contribution < 1.29 is 15.0 Å². The molecular formula is C17H20O3S. The van der Waals surface area contributed by atoms with Crippen LogP contribution in [0.15, 0.2) is 30.3 Å². The van der Waals surface area contributed by atoms with Crippen LogP contribution in [0.2, 0.25) is 0 Å². The first-order valence-corrected chi connectivity index (χ1v) is 7.83. The van der Waals surface area contributed by atoms with Crippen LogP contribution in [0.4, 0.5) is 0 Å². The lowest BCUT2D eigenvalue weighted by atomic mass is 10.0. The summed E-state index contributed by atoms with van der Waals surface area (Å²) in [6.07, 6.45) is 2.33. The molecule has 1 aromatic heterocycles. The average molecular weight is 304 g/mol. The molecule has 112 valence electrons. The lowest BCUT2D eigenvalue weighted by Gasteiger charge is -2.07. The molecule has 2 aromatic rings. The molecule has 0 saturated heterocycles. The van der Waals surface area contributed by atoms with Gasteiger partial charge in [-0.05, 0) is 48.6 Å². The molecule has 0 aliphatic rings. The van der Waals surface area contributed by atoms with E-state index in [1.807, 2.05) is 24.3 Å². The molecule has 2 rings (SSSR count). The third kappa shape index (κ3) is 4.49. The number of Topliss-reactive ketones (excluding diaryl/α,β-unsaturated/α-hetero) is 1. The van der Waals surface area contributed by atoms with Crippen LogP contribution >= 0.6 is 11.3 Å². The van der Waals surface area contributed by atoms with Crippen LogP contribution in [0.1, 0.15) is 33.4 Å². The molecule has 0 radical (unpaired) electrons. The van der Waals surface area contributed by atoms with Gasteiger partial charge in [0.15, 0.2) is 0 Å². The summed E-state index contributed by atoms with van der Waals surface area (Å²) in [6, 6.07) is 9.92. The summed E-state index contributed by atoms with van der Waals surface area (Å²) < 4.78 is 0. The molecule has 0 saturated carbocycles. The third-order valence-corrected chi connectivity index (χ3v) is 4.56. The second-order valence-corrected chi connectivity index (χ2v) is 6.42. The molecule has 4 heteroatoms. The fourth-order valence-electron chi connectivity index (χ4n) is 2.30. The minimum absolute atomic E-state index is 0.0461. The molecule has 0 aliphatic carbocycles. The molecule has 0 fully saturated rings. The maximum Gasteiger partial charge on any atom is 0.135 e. The molecule has 0 atom stereocenters. The smallest absolute Gasteiger partial charge is 0.135 e. The second-order valence-electron chi connectivity index (χ2n) is 5.17.